The standard InChI is InChI=1S/C21H31BrO3/c1-12(23)25-14-6-8-20(2)13(10-14)4-5-15-16(20)7-9-21(3)17(15)11-18(22)19(21)24/h13-18H,4-11H2,1-3H3/t13-,14+,15-,16-,17+,18+,20-,21-/m0/s1. The number of ketones is 1. The molecule has 3 nitrogen and oxygen atoms in total. The van der Waals surface area contributed by atoms with Crippen molar-refractivity contribution in [1.29, 1.82) is 0 Å². The summed E-state index contributed by atoms with van der Waals surface area (Å²) >= 11 is 3.66. The lowest BCUT2D eigenvalue weighted by atomic mass is 9.45. The van der Waals surface area contributed by atoms with Gasteiger partial charge in [-0.1, -0.05) is 29.8 Å². The third-order valence-electron chi connectivity index (χ3n) is 8.65. The van der Waals surface area contributed by atoms with Crippen LogP contribution >= 0.6 is 15.9 Å². The van der Waals surface area contributed by atoms with E-state index < -0.39 is 0 Å². The average molecular weight is 411 g/mol. The van der Waals surface area contributed by atoms with Crippen LogP contribution in [-0.2, 0) is 14.3 Å². The van der Waals surface area contributed by atoms with Crippen LogP contribution in [0.2, 0.25) is 0 Å². The van der Waals surface area contributed by atoms with Crippen LogP contribution in [0.4, 0.5) is 0 Å². The monoisotopic (exact) mass is 410 g/mol. The van der Waals surface area contributed by atoms with E-state index in [1.165, 1.54) is 32.6 Å². The number of esters is 1. The number of Topliss-reactive ketones (excluding diaryl/α,β-unsaturated/α-hetero) is 1. The number of ether oxygens (including phenoxy) is 1. The van der Waals surface area contributed by atoms with E-state index >= 15 is 0 Å². The molecule has 0 aromatic carbocycles. The van der Waals surface area contributed by atoms with E-state index in [-0.39, 0.29) is 22.3 Å². The summed E-state index contributed by atoms with van der Waals surface area (Å²) in [6, 6.07) is 0. The number of carbonyl (C=O) groups is 2. The number of rotatable bonds is 1. The molecule has 0 unspecified atom stereocenters. The van der Waals surface area contributed by atoms with E-state index in [4.69, 9.17) is 4.74 Å². The molecule has 4 saturated carbocycles. The van der Waals surface area contributed by atoms with Gasteiger partial charge in [0.1, 0.15) is 6.10 Å². The van der Waals surface area contributed by atoms with Crippen LogP contribution in [0.15, 0.2) is 0 Å². The van der Waals surface area contributed by atoms with Crippen LogP contribution in [0, 0.1) is 34.5 Å². The van der Waals surface area contributed by atoms with Crippen LogP contribution in [-0.4, -0.2) is 22.7 Å². The Balaban J connectivity index is 1.55. The van der Waals surface area contributed by atoms with Crippen molar-refractivity contribution in [3.05, 3.63) is 0 Å². The zero-order chi connectivity index (χ0) is 18.0. The van der Waals surface area contributed by atoms with E-state index in [1.807, 2.05) is 0 Å². The summed E-state index contributed by atoms with van der Waals surface area (Å²) in [5, 5.41) is 0. The second kappa shape index (κ2) is 6.07. The van der Waals surface area contributed by atoms with E-state index in [0.29, 0.717) is 29.0 Å². The Hall–Kier alpha value is -0.380. The third-order valence-corrected chi connectivity index (χ3v) is 9.44. The fourth-order valence-corrected chi connectivity index (χ4v) is 8.23. The predicted octanol–water partition coefficient (Wildman–Crippen LogP) is 4.90. The lowest BCUT2D eigenvalue weighted by molar-refractivity contribution is -0.160. The SMILES string of the molecule is CC(=O)O[C@@H]1CC[C@@]2(C)[C@@H](CC[C@@H]3[C@H]4C[C@@H](Br)C(=O)[C@@]4(C)CC[C@@H]32)C1. The van der Waals surface area contributed by atoms with Crippen LogP contribution < -0.4 is 0 Å². The summed E-state index contributed by atoms with van der Waals surface area (Å²) in [7, 11) is 0. The van der Waals surface area contributed by atoms with E-state index in [9.17, 15) is 9.59 Å². The second-order valence-corrected chi connectivity index (χ2v) is 10.8. The third kappa shape index (κ3) is 2.64. The molecule has 4 fully saturated rings. The summed E-state index contributed by atoms with van der Waals surface area (Å²) in [4.78, 5) is 24.2. The van der Waals surface area contributed by atoms with Crippen molar-refractivity contribution in [2.45, 2.75) is 83.1 Å². The molecule has 25 heavy (non-hydrogen) atoms. The van der Waals surface area contributed by atoms with Gasteiger partial charge in [-0.25, -0.2) is 0 Å². The Morgan fingerprint density at radius 2 is 1.84 bits per heavy atom. The smallest absolute Gasteiger partial charge is 0.302 e. The fraction of sp³-hybridized carbons (Fsp3) is 0.905. The Labute approximate surface area is 159 Å². The summed E-state index contributed by atoms with van der Waals surface area (Å²) in [6.45, 7) is 6.27. The lowest BCUT2D eigenvalue weighted by Gasteiger charge is -2.60. The molecule has 4 heteroatoms. The zero-order valence-corrected chi connectivity index (χ0v) is 17.3. The molecule has 0 aliphatic heterocycles. The maximum atomic E-state index is 12.7. The first-order valence-electron chi connectivity index (χ1n) is 10.1. The van der Waals surface area contributed by atoms with Gasteiger partial charge in [0.25, 0.3) is 0 Å². The van der Waals surface area contributed by atoms with Gasteiger partial charge in [-0.3, -0.25) is 9.59 Å². The number of fused-ring (bicyclic) bond motifs is 5. The highest BCUT2D eigenvalue weighted by Crippen LogP contribution is 2.66. The van der Waals surface area contributed by atoms with Gasteiger partial charge in [-0.15, -0.1) is 0 Å². The van der Waals surface area contributed by atoms with Crippen LogP contribution in [0.3, 0.4) is 0 Å². The highest BCUT2D eigenvalue weighted by atomic mass is 79.9. The van der Waals surface area contributed by atoms with Gasteiger partial charge in [0.05, 0.1) is 4.83 Å². The minimum absolute atomic E-state index is 0.0754. The van der Waals surface area contributed by atoms with Gasteiger partial charge in [0, 0.05) is 12.3 Å². The lowest BCUT2D eigenvalue weighted by Crippen LogP contribution is -2.54. The molecule has 0 bridgehead atoms. The van der Waals surface area contributed by atoms with Gasteiger partial charge in [-0.05, 0) is 80.5 Å². The quantitative estimate of drug-likeness (QED) is 0.455. The van der Waals surface area contributed by atoms with Crippen molar-refractivity contribution in [2.75, 3.05) is 0 Å². The highest BCUT2D eigenvalue weighted by molar-refractivity contribution is 9.10. The van der Waals surface area contributed by atoms with Gasteiger partial charge >= 0.3 is 5.97 Å². The van der Waals surface area contributed by atoms with Gasteiger partial charge in [-0.2, -0.15) is 0 Å². The molecule has 140 valence electrons. The van der Waals surface area contributed by atoms with Crippen molar-refractivity contribution < 1.29 is 14.3 Å². The van der Waals surface area contributed by atoms with E-state index in [1.54, 1.807) is 0 Å². The molecule has 0 amide bonds. The summed E-state index contributed by atoms with van der Waals surface area (Å²) in [6.07, 6.45) is 9.15. The van der Waals surface area contributed by atoms with Crippen molar-refractivity contribution in [1.82, 2.24) is 0 Å². The molecule has 4 rings (SSSR count). The number of hydrogen-bond acceptors (Lipinski definition) is 3. The molecule has 0 saturated heterocycles. The fourth-order valence-electron chi connectivity index (χ4n) is 7.31. The van der Waals surface area contributed by atoms with Gasteiger partial charge < -0.3 is 4.74 Å². The van der Waals surface area contributed by atoms with E-state index in [0.717, 1.165) is 31.6 Å². The number of alkyl halides is 1. The topological polar surface area (TPSA) is 43.4 Å². The van der Waals surface area contributed by atoms with Gasteiger partial charge in [0.15, 0.2) is 5.78 Å². The Kier molecular flexibility index (Phi) is 4.37. The molecule has 0 radical (unpaired) electrons. The molecular formula is C21H31BrO3. The van der Waals surface area contributed by atoms with Crippen LogP contribution in [0.1, 0.15) is 72.1 Å². The Morgan fingerprint density at radius 3 is 2.56 bits per heavy atom. The van der Waals surface area contributed by atoms with Crippen LogP contribution in [0.25, 0.3) is 0 Å². The largest absolute Gasteiger partial charge is 0.463 e. The number of halogens is 1. The minimum atomic E-state index is -0.136. The zero-order valence-electron chi connectivity index (χ0n) is 15.7. The number of hydrogen-bond donors (Lipinski definition) is 0. The molecular weight excluding hydrogens is 380 g/mol. The second-order valence-electron chi connectivity index (χ2n) is 9.69. The average Bonchev–Trinajstić information content (AvgIpc) is 2.78. The number of carbonyl (C=O) groups excluding carboxylic acids is 2. The summed E-state index contributed by atoms with van der Waals surface area (Å²) in [5.74, 6) is 3.01. The van der Waals surface area contributed by atoms with Crippen molar-refractivity contribution in [2.24, 2.45) is 34.5 Å². The van der Waals surface area contributed by atoms with Crippen molar-refractivity contribution in [3.8, 4) is 0 Å². The first-order chi connectivity index (χ1) is 11.8. The van der Waals surface area contributed by atoms with Crippen molar-refractivity contribution in [3.63, 3.8) is 0 Å². The molecule has 0 N–H and O–H groups in total. The Morgan fingerprint density at radius 1 is 1.08 bits per heavy atom. The van der Waals surface area contributed by atoms with Crippen molar-refractivity contribution >= 4 is 27.7 Å². The van der Waals surface area contributed by atoms with Gasteiger partial charge in [0.2, 0.25) is 0 Å². The van der Waals surface area contributed by atoms with Crippen LogP contribution in [0.5, 0.6) is 0 Å². The Bertz CT molecular complexity index is 590. The normalized spacial score (nSPS) is 52.1. The minimum Gasteiger partial charge on any atom is -0.463 e. The molecule has 4 aliphatic rings. The highest BCUT2D eigenvalue weighted by Gasteiger charge is 2.62. The molecule has 8 atom stereocenters. The maximum Gasteiger partial charge on any atom is 0.302 e. The first-order valence-corrected chi connectivity index (χ1v) is 11.0. The molecule has 0 spiro atoms. The molecule has 0 heterocycles. The first kappa shape index (κ1) is 18.0. The van der Waals surface area contributed by atoms with E-state index in [2.05, 4.69) is 29.8 Å². The molecule has 4 aliphatic carbocycles. The summed E-state index contributed by atoms with van der Waals surface area (Å²) in [5.41, 5.74) is 0.280. The molecule has 0 aromatic rings. The predicted molar refractivity (Wildman–Crippen MR) is 100 cm³/mol. The maximum absolute atomic E-state index is 12.7. The molecule has 0 aromatic heterocycles. The summed E-state index contributed by atoms with van der Waals surface area (Å²) < 4.78 is 5.54.